The summed E-state index contributed by atoms with van der Waals surface area (Å²) in [6.07, 6.45) is 21.0. The van der Waals surface area contributed by atoms with E-state index < -0.39 is 0 Å². The van der Waals surface area contributed by atoms with Crippen LogP contribution in [0.3, 0.4) is 0 Å². The van der Waals surface area contributed by atoms with Gasteiger partial charge in [0.15, 0.2) is 11.5 Å². The van der Waals surface area contributed by atoms with Gasteiger partial charge in [-0.05, 0) is 44.1 Å². The molecule has 0 aromatic heterocycles. The summed E-state index contributed by atoms with van der Waals surface area (Å²) in [5.74, 6) is 0.515. The van der Waals surface area contributed by atoms with Crippen LogP contribution in [0.2, 0.25) is 0 Å². The van der Waals surface area contributed by atoms with E-state index in [0.717, 1.165) is 49.7 Å². The highest BCUT2D eigenvalue weighted by atomic mass is 16.5. The van der Waals surface area contributed by atoms with E-state index >= 15 is 0 Å². The summed E-state index contributed by atoms with van der Waals surface area (Å²) >= 11 is 0. The summed E-state index contributed by atoms with van der Waals surface area (Å²) in [7, 11) is 1.62. The van der Waals surface area contributed by atoms with Gasteiger partial charge < -0.3 is 14.9 Å². The highest BCUT2D eigenvalue weighted by molar-refractivity contribution is 5.62. The molecule has 180 valence electrons. The van der Waals surface area contributed by atoms with Gasteiger partial charge in [0.1, 0.15) is 0 Å². The largest absolute Gasteiger partial charge is 0.504 e. The van der Waals surface area contributed by atoms with Crippen molar-refractivity contribution in [2.75, 3.05) is 7.11 Å². The molecule has 1 aromatic carbocycles. The molecular weight excluding hydrogens is 384 g/mol. The monoisotopic (exact) mass is 434 g/mol. The maximum Gasteiger partial charge on any atom is 0.201 e. The molecule has 0 unspecified atom stereocenters. The molecule has 0 aliphatic carbocycles. The molecule has 0 radical (unpaired) electrons. The fraction of sp³-hybridized carbons (Fsp3) is 0.786. The first-order chi connectivity index (χ1) is 15.1. The molecule has 1 rings (SSSR count). The molecule has 0 atom stereocenters. The molecule has 1 aromatic rings. The molecule has 0 bridgehead atoms. The van der Waals surface area contributed by atoms with Crippen molar-refractivity contribution in [3.8, 4) is 17.2 Å². The number of aromatic hydroxyl groups is 2. The third kappa shape index (κ3) is 9.74. The molecular formula is C28H50O3. The fourth-order valence-corrected chi connectivity index (χ4v) is 4.63. The van der Waals surface area contributed by atoms with Gasteiger partial charge in [0.05, 0.1) is 7.11 Å². The molecule has 31 heavy (non-hydrogen) atoms. The maximum absolute atomic E-state index is 10.9. The standard InChI is InChI=1S/C28H50O3/c1-5-8-11-14-17-20-23-24(21-18-15-12-9-6-2)26(29)27(30)28(31-4)25(23)22-19-16-13-10-7-3/h29-30H,5-22H2,1-4H3. The van der Waals surface area contributed by atoms with Gasteiger partial charge in [0, 0.05) is 11.1 Å². The van der Waals surface area contributed by atoms with Crippen molar-refractivity contribution in [3.63, 3.8) is 0 Å². The molecule has 0 aliphatic rings. The summed E-state index contributed by atoms with van der Waals surface area (Å²) in [4.78, 5) is 0. The molecule has 0 saturated heterocycles. The summed E-state index contributed by atoms with van der Waals surface area (Å²) in [5.41, 5.74) is 3.39. The minimum Gasteiger partial charge on any atom is -0.504 e. The molecule has 0 heterocycles. The lowest BCUT2D eigenvalue weighted by Crippen LogP contribution is -2.06. The Morgan fingerprint density at radius 2 is 0.871 bits per heavy atom. The Kier molecular flexibility index (Phi) is 15.4. The van der Waals surface area contributed by atoms with Crippen LogP contribution in [-0.4, -0.2) is 17.3 Å². The van der Waals surface area contributed by atoms with Gasteiger partial charge in [0.25, 0.3) is 0 Å². The number of phenolic OH excluding ortho intramolecular Hbond substituents is 2. The van der Waals surface area contributed by atoms with E-state index in [1.165, 1.54) is 82.6 Å². The smallest absolute Gasteiger partial charge is 0.201 e. The molecule has 0 spiro atoms. The lowest BCUT2D eigenvalue weighted by atomic mass is 9.88. The topological polar surface area (TPSA) is 49.7 Å². The van der Waals surface area contributed by atoms with Crippen LogP contribution in [0.1, 0.15) is 134 Å². The van der Waals surface area contributed by atoms with Crippen molar-refractivity contribution < 1.29 is 14.9 Å². The van der Waals surface area contributed by atoms with Gasteiger partial charge in [-0.15, -0.1) is 0 Å². The van der Waals surface area contributed by atoms with Crippen LogP contribution in [0.5, 0.6) is 17.2 Å². The van der Waals surface area contributed by atoms with Gasteiger partial charge in [-0.2, -0.15) is 0 Å². The van der Waals surface area contributed by atoms with E-state index in [1.54, 1.807) is 7.11 Å². The third-order valence-corrected chi connectivity index (χ3v) is 6.52. The number of methoxy groups -OCH3 is 1. The second kappa shape index (κ2) is 17.2. The zero-order valence-electron chi connectivity index (χ0n) is 21.0. The van der Waals surface area contributed by atoms with E-state index in [0.29, 0.717) is 5.75 Å². The van der Waals surface area contributed by atoms with Crippen molar-refractivity contribution in [1.29, 1.82) is 0 Å². The normalized spacial score (nSPS) is 11.2. The second-order valence-electron chi connectivity index (χ2n) is 9.16. The van der Waals surface area contributed by atoms with Crippen LogP contribution in [0, 0.1) is 0 Å². The summed E-state index contributed by atoms with van der Waals surface area (Å²) in [5, 5.41) is 21.6. The van der Waals surface area contributed by atoms with E-state index in [1.807, 2.05) is 0 Å². The number of phenols is 2. The van der Waals surface area contributed by atoms with Gasteiger partial charge >= 0.3 is 0 Å². The molecule has 0 saturated carbocycles. The average Bonchev–Trinajstić information content (AvgIpc) is 2.77. The molecule has 0 aliphatic heterocycles. The summed E-state index contributed by atoms with van der Waals surface area (Å²) in [6.45, 7) is 6.72. The SMILES string of the molecule is CCCCCCCc1c(O)c(O)c(OC)c(CCCCCCC)c1CCCCCCC. The van der Waals surface area contributed by atoms with E-state index in [-0.39, 0.29) is 11.5 Å². The van der Waals surface area contributed by atoms with Crippen LogP contribution in [0.15, 0.2) is 0 Å². The first kappa shape index (κ1) is 27.7. The third-order valence-electron chi connectivity index (χ3n) is 6.52. The van der Waals surface area contributed by atoms with Crippen LogP contribution in [-0.2, 0) is 19.3 Å². The van der Waals surface area contributed by atoms with E-state index in [9.17, 15) is 10.2 Å². The Labute approximate surface area is 192 Å². The Morgan fingerprint density at radius 1 is 0.484 bits per heavy atom. The lowest BCUT2D eigenvalue weighted by molar-refractivity contribution is 0.343. The fourth-order valence-electron chi connectivity index (χ4n) is 4.63. The second-order valence-corrected chi connectivity index (χ2v) is 9.16. The van der Waals surface area contributed by atoms with Crippen LogP contribution < -0.4 is 4.74 Å². The Bertz CT molecular complexity index is 595. The molecule has 3 heteroatoms. The number of ether oxygens (including phenoxy) is 1. The zero-order chi connectivity index (χ0) is 22.9. The number of hydrogen-bond donors (Lipinski definition) is 2. The quantitative estimate of drug-likeness (QED) is 0.169. The number of hydrogen-bond acceptors (Lipinski definition) is 3. The average molecular weight is 435 g/mol. The highest BCUT2D eigenvalue weighted by Gasteiger charge is 2.23. The van der Waals surface area contributed by atoms with Crippen molar-refractivity contribution in [3.05, 3.63) is 16.7 Å². The molecule has 0 amide bonds. The lowest BCUT2D eigenvalue weighted by Gasteiger charge is -2.21. The van der Waals surface area contributed by atoms with E-state index in [2.05, 4.69) is 20.8 Å². The van der Waals surface area contributed by atoms with Crippen molar-refractivity contribution in [1.82, 2.24) is 0 Å². The number of benzene rings is 1. The predicted octanol–water partition coefficient (Wildman–Crippen LogP) is 8.65. The predicted molar refractivity (Wildman–Crippen MR) is 134 cm³/mol. The van der Waals surface area contributed by atoms with Gasteiger partial charge in [-0.25, -0.2) is 0 Å². The van der Waals surface area contributed by atoms with Crippen molar-refractivity contribution >= 4 is 0 Å². The summed E-state index contributed by atoms with van der Waals surface area (Å²) in [6, 6.07) is 0. The Morgan fingerprint density at radius 3 is 1.29 bits per heavy atom. The zero-order valence-corrected chi connectivity index (χ0v) is 21.0. The molecule has 3 nitrogen and oxygen atoms in total. The highest BCUT2D eigenvalue weighted by Crippen LogP contribution is 2.45. The molecule has 2 N–H and O–H groups in total. The number of unbranched alkanes of at least 4 members (excludes halogenated alkanes) is 12. The van der Waals surface area contributed by atoms with Gasteiger partial charge in [0.2, 0.25) is 5.75 Å². The van der Waals surface area contributed by atoms with Crippen LogP contribution in [0.4, 0.5) is 0 Å². The number of rotatable bonds is 19. The first-order valence-corrected chi connectivity index (χ1v) is 13.2. The van der Waals surface area contributed by atoms with Crippen LogP contribution >= 0.6 is 0 Å². The van der Waals surface area contributed by atoms with E-state index in [4.69, 9.17) is 4.74 Å². The maximum atomic E-state index is 10.9. The molecule has 0 fully saturated rings. The van der Waals surface area contributed by atoms with Gasteiger partial charge in [-0.3, -0.25) is 0 Å². The van der Waals surface area contributed by atoms with Crippen molar-refractivity contribution in [2.45, 2.75) is 136 Å². The van der Waals surface area contributed by atoms with Crippen molar-refractivity contribution in [2.24, 2.45) is 0 Å². The Hall–Kier alpha value is -1.38. The van der Waals surface area contributed by atoms with Crippen LogP contribution in [0.25, 0.3) is 0 Å². The first-order valence-electron chi connectivity index (χ1n) is 13.2. The minimum absolute atomic E-state index is 0.0515. The van der Waals surface area contributed by atoms with Gasteiger partial charge in [-0.1, -0.05) is 97.8 Å². The summed E-state index contributed by atoms with van der Waals surface area (Å²) < 4.78 is 5.62. The minimum atomic E-state index is -0.0515. The Balaban J connectivity index is 3.08.